The number of amides is 4. The predicted molar refractivity (Wildman–Crippen MR) is 110 cm³/mol. The molecule has 7 nitrogen and oxygen atoms in total. The predicted octanol–water partition coefficient (Wildman–Crippen LogP) is 2.86. The lowest BCUT2D eigenvalue weighted by molar-refractivity contribution is -0.128. The largest absolute Gasteiger partial charge is 0.351 e. The molecule has 0 atom stereocenters. The summed E-state index contributed by atoms with van der Waals surface area (Å²) >= 11 is 5.83. The summed E-state index contributed by atoms with van der Waals surface area (Å²) in [6, 6.07) is 15.5. The molecule has 0 radical (unpaired) electrons. The molecule has 2 aliphatic rings. The van der Waals surface area contributed by atoms with Crippen molar-refractivity contribution < 1.29 is 14.4 Å². The van der Waals surface area contributed by atoms with Crippen molar-refractivity contribution in [2.45, 2.75) is 6.54 Å². The number of benzene rings is 2. The lowest BCUT2D eigenvalue weighted by Gasteiger charge is -2.23. The van der Waals surface area contributed by atoms with Gasteiger partial charge in [0.25, 0.3) is 5.91 Å². The fourth-order valence-corrected chi connectivity index (χ4v) is 3.12. The Bertz CT molecular complexity index is 1090. The highest BCUT2D eigenvalue weighted by molar-refractivity contribution is 6.78. The number of nitrogens with zero attached hydrogens (tertiary/aromatic N) is 3. The summed E-state index contributed by atoms with van der Waals surface area (Å²) in [5.74, 6) is -1.11. The first-order valence-corrected chi connectivity index (χ1v) is 9.20. The summed E-state index contributed by atoms with van der Waals surface area (Å²) < 4.78 is 0. The van der Waals surface area contributed by atoms with Crippen molar-refractivity contribution in [3.05, 3.63) is 76.9 Å². The topological polar surface area (TPSA) is 91.2 Å². The molecular formula is C21H15ClN4O3. The van der Waals surface area contributed by atoms with E-state index < -0.39 is 24.4 Å². The van der Waals surface area contributed by atoms with Gasteiger partial charge in [-0.1, -0.05) is 54.1 Å². The minimum atomic E-state index is -0.783. The molecule has 0 spiro atoms. The molecule has 0 bridgehead atoms. The Labute approximate surface area is 171 Å². The van der Waals surface area contributed by atoms with Crippen LogP contribution in [-0.2, 0) is 16.1 Å². The Balaban J connectivity index is 1.44. The number of hydrogen-bond donors (Lipinski definition) is 1. The molecule has 4 rings (SSSR count). The second-order valence-corrected chi connectivity index (χ2v) is 6.86. The Morgan fingerprint density at radius 2 is 1.72 bits per heavy atom. The van der Waals surface area contributed by atoms with E-state index in [4.69, 9.17) is 11.6 Å². The quantitative estimate of drug-likeness (QED) is 0.827. The van der Waals surface area contributed by atoms with E-state index in [1.165, 1.54) is 6.20 Å². The number of allylic oxidation sites excluding steroid dienone is 1. The number of hydrogen-bond acceptors (Lipinski definition) is 4. The number of carbonyl (C=O) groups is 3. The number of rotatable bonds is 5. The number of aliphatic imine (C=N–C) groups is 2. The summed E-state index contributed by atoms with van der Waals surface area (Å²) in [6.07, 6.45) is 1.51. The Hall–Kier alpha value is -3.58. The SMILES string of the molecule is O=C(CN1C(=O)N=C2C(c3ccccc3)=CN=C2C1=O)NCc1ccc(Cl)cc1. The molecule has 2 aromatic rings. The second-order valence-electron chi connectivity index (χ2n) is 6.42. The van der Waals surface area contributed by atoms with Crippen molar-refractivity contribution in [1.29, 1.82) is 0 Å². The summed E-state index contributed by atoms with van der Waals surface area (Å²) in [7, 11) is 0. The molecule has 1 N–H and O–H groups in total. The average molecular weight is 407 g/mol. The molecule has 29 heavy (non-hydrogen) atoms. The number of urea groups is 1. The van der Waals surface area contributed by atoms with E-state index in [0.29, 0.717) is 10.6 Å². The third-order valence-electron chi connectivity index (χ3n) is 4.48. The molecule has 2 aromatic carbocycles. The van der Waals surface area contributed by atoms with Crippen LogP contribution in [0.4, 0.5) is 4.79 Å². The zero-order valence-electron chi connectivity index (χ0n) is 15.1. The Morgan fingerprint density at radius 3 is 2.45 bits per heavy atom. The van der Waals surface area contributed by atoms with Gasteiger partial charge in [0.05, 0.1) is 0 Å². The van der Waals surface area contributed by atoms with Crippen LogP contribution < -0.4 is 5.32 Å². The van der Waals surface area contributed by atoms with Crippen LogP contribution in [-0.4, -0.2) is 40.7 Å². The lowest BCUT2D eigenvalue weighted by Crippen LogP contribution is -2.50. The molecule has 8 heteroatoms. The maximum absolute atomic E-state index is 12.7. The van der Waals surface area contributed by atoms with Gasteiger partial charge in [-0.2, -0.15) is 4.99 Å². The summed E-state index contributed by atoms with van der Waals surface area (Å²) in [4.78, 5) is 46.3. The number of carbonyl (C=O) groups excluding carboxylic acids is 3. The lowest BCUT2D eigenvalue weighted by atomic mass is 9.99. The Kier molecular flexibility index (Phi) is 5.05. The first kappa shape index (κ1) is 18.8. The van der Waals surface area contributed by atoms with Gasteiger partial charge in [-0.3, -0.25) is 9.59 Å². The fraction of sp³-hybridized carbons (Fsp3) is 0.0952. The summed E-state index contributed by atoms with van der Waals surface area (Å²) in [5.41, 5.74) is 2.56. The van der Waals surface area contributed by atoms with Gasteiger partial charge in [0, 0.05) is 23.3 Å². The van der Waals surface area contributed by atoms with E-state index in [-0.39, 0.29) is 18.0 Å². The van der Waals surface area contributed by atoms with Gasteiger partial charge in [-0.25, -0.2) is 14.7 Å². The molecule has 2 heterocycles. The van der Waals surface area contributed by atoms with Crippen molar-refractivity contribution in [3.63, 3.8) is 0 Å². The Morgan fingerprint density at radius 1 is 1.00 bits per heavy atom. The average Bonchev–Trinajstić information content (AvgIpc) is 3.15. The van der Waals surface area contributed by atoms with Crippen molar-refractivity contribution in [3.8, 4) is 0 Å². The normalized spacial score (nSPS) is 15.5. The van der Waals surface area contributed by atoms with Crippen LogP contribution in [0, 0.1) is 0 Å². The molecule has 0 fully saturated rings. The molecule has 2 aliphatic heterocycles. The van der Waals surface area contributed by atoms with Gasteiger partial charge in [-0.15, -0.1) is 0 Å². The van der Waals surface area contributed by atoms with Crippen LogP contribution in [0.1, 0.15) is 11.1 Å². The zero-order chi connectivity index (χ0) is 20.4. The van der Waals surface area contributed by atoms with E-state index in [1.807, 2.05) is 30.3 Å². The maximum Gasteiger partial charge on any atom is 0.351 e. The summed E-state index contributed by atoms with van der Waals surface area (Å²) in [5, 5.41) is 3.27. The van der Waals surface area contributed by atoms with Gasteiger partial charge < -0.3 is 5.32 Å². The van der Waals surface area contributed by atoms with E-state index in [9.17, 15) is 14.4 Å². The molecule has 0 aromatic heterocycles. The van der Waals surface area contributed by atoms with Crippen molar-refractivity contribution >= 4 is 46.4 Å². The molecular weight excluding hydrogens is 392 g/mol. The highest BCUT2D eigenvalue weighted by Crippen LogP contribution is 2.25. The van der Waals surface area contributed by atoms with Crippen LogP contribution in [0.15, 0.2) is 70.8 Å². The van der Waals surface area contributed by atoms with Crippen molar-refractivity contribution in [2.75, 3.05) is 6.54 Å². The van der Waals surface area contributed by atoms with Gasteiger partial charge in [-0.05, 0) is 23.3 Å². The van der Waals surface area contributed by atoms with Crippen LogP contribution in [0.3, 0.4) is 0 Å². The highest BCUT2D eigenvalue weighted by atomic mass is 35.5. The fourth-order valence-electron chi connectivity index (χ4n) is 2.99. The van der Waals surface area contributed by atoms with Crippen LogP contribution >= 0.6 is 11.6 Å². The molecule has 144 valence electrons. The van der Waals surface area contributed by atoms with E-state index in [2.05, 4.69) is 15.3 Å². The van der Waals surface area contributed by atoms with Gasteiger partial charge in [0.15, 0.2) is 5.71 Å². The molecule has 4 amide bonds. The number of fused-ring (bicyclic) bond motifs is 1. The third kappa shape index (κ3) is 3.86. The summed E-state index contributed by atoms with van der Waals surface area (Å²) in [6.45, 7) is -0.177. The van der Waals surface area contributed by atoms with Crippen LogP contribution in [0.2, 0.25) is 5.02 Å². The van der Waals surface area contributed by atoms with E-state index in [1.54, 1.807) is 24.3 Å². The molecule has 0 aliphatic carbocycles. The van der Waals surface area contributed by atoms with E-state index >= 15 is 0 Å². The number of imide groups is 1. The smallest absolute Gasteiger partial charge is 0.350 e. The monoisotopic (exact) mass is 406 g/mol. The first-order chi connectivity index (χ1) is 14.0. The molecule has 0 unspecified atom stereocenters. The third-order valence-corrected chi connectivity index (χ3v) is 4.73. The minimum Gasteiger partial charge on any atom is -0.350 e. The van der Waals surface area contributed by atoms with E-state index in [0.717, 1.165) is 16.0 Å². The van der Waals surface area contributed by atoms with Gasteiger partial charge in [0.2, 0.25) is 5.91 Å². The highest BCUT2D eigenvalue weighted by Gasteiger charge is 2.38. The molecule has 0 saturated carbocycles. The van der Waals surface area contributed by atoms with Gasteiger partial charge in [0.1, 0.15) is 12.3 Å². The van der Waals surface area contributed by atoms with Crippen molar-refractivity contribution in [2.24, 2.45) is 9.98 Å². The number of halogens is 1. The maximum atomic E-state index is 12.7. The molecule has 0 saturated heterocycles. The zero-order valence-corrected chi connectivity index (χ0v) is 15.9. The number of nitrogens with one attached hydrogen (secondary N) is 1. The van der Waals surface area contributed by atoms with Crippen LogP contribution in [0.5, 0.6) is 0 Å². The second kappa shape index (κ2) is 7.81. The van der Waals surface area contributed by atoms with Crippen molar-refractivity contribution in [1.82, 2.24) is 10.2 Å². The van der Waals surface area contributed by atoms with Gasteiger partial charge >= 0.3 is 6.03 Å². The minimum absolute atomic E-state index is 0.0638. The standard InChI is InChI=1S/C21H15ClN4O3/c22-15-8-6-13(7-9-15)10-23-17(27)12-26-20(28)19-18(25-21(26)29)16(11-24-19)14-4-2-1-3-5-14/h1-9,11H,10,12H2,(H,23,27). The first-order valence-electron chi connectivity index (χ1n) is 8.83. The van der Waals surface area contributed by atoms with Crippen LogP contribution in [0.25, 0.3) is 5.57 Å².